The largest absolute Gasteiger partial charge is 0.316 e. The van der Waals surface area contributed by atoms with E-state index in [0.29, 0.717) is 0 Å². The van der Waals surface area contributed by atoms with Crippen molar-refractivity contribution in [2.75, 3.05) is 13.1 Å². The van der Waals surface area contributed by atoms with Crippen molar-refractivity contribution < 1.29 is 0 Å². The number of hydrogen-bond donors (Lipinski definition) is 1. The van der Waals surface area contributed by atoms with Gasteiger partial charge in [-0.05, 0) is 43.5 Å². The van der Waals surface area contributed by atoms with Gasteiger partial charge in [0.1, 0.15) is 0 Å². The lowest BCUT2D eigenvalue weighted by Crippen LogP contribution is -2.19. The van der Waals surface area contributed by atoms with Crippen molar-refractivity contribution >= 4 is 0 Å². The van der Waals surface area contributed by atoms with Crippen LogP contribution in [0.1, 0.15) is 29.9 Å². The highest BCUT2D eigenvalue weighted by Crippen LogP contribution is 2.19. The maximum atomic E-state index is 9.26. The Kier molecular flexibility index (Phi) is 6.51. The molecule has 2 nitrogen and oxygen atoms in total. The average Bonchev–Trinajstić information content (AvgIpc) is 2.56. The van der Waals surface area contributed by atoms with Crippen molar-refractivity contribution in [3.05, 3.63) is 71.8 Å². The normalized spacial score (nSPS) is 11.8. The van der Waals surface area contributed by atoms with Gasteiger partial charge in [0.2, 0.25) is 0 Å². The van der Waals surface area contributed by atoms with Gasteiger partial charge >= 0.3 is 0 Å². The Morgan fingerprint density at radius 1 is 0.905 bits per heavy atom. The first kappa shape index (κ1) is 15.3. The predicted octanol–water partition coefficient (Wildman–Crippen LogP) is 3.91. The van der Waals surface area contributed by atoms with Gasteiger partial charge in [0, 0.05) is 0 Å². The van der Waals surface area contributed by atoms with Crippen molar-refractivity contribution in [2.24, 2.45) is 0 Å². The van der Waals surface area contributed by atoms with Crippen LogP contribution in [0.2, 0.25) is 0 Å². The molecule has 1 atom stereocenters. The van der Waals surface area contributed by atoms with E-state index in [1.165, 1.54) is 5.56 Å². The van der Waals surface area contributed by atoms with E-state index in [0.717, 1.165) is 37.9 Å². The molecule has 0 fully saturated rings. The first-order valence-corrected chi connectivity index (χ1v) is 7.59. The SMILES string of the molecule is N#CC(CCCNCCc1ccccc1)c1ccccc1. The Morgan fingerprint density at radius 2 is 1.57 bits per heavy atom. The lowest BCUT2D eigenvalue weighted by Gasteiger charge is -2.10. The van der Waals surface area contributed by atoms with Gasteiger partial charge in [-0.3, -0.25) is 0 Å². The summed E-state index contributed by atoms with van der Waals surface area (Å²) < 4.78 is 0. The van der Waals surface area contributed by atoms with Crippen LogP contribution in [0.5, 0.6) is 0 Å². The minimum atomic E-state index is 0.0159. The van der Waals surface area contributed by atoms with Gasteiger partial charge in [0.25, 0.3) is 0 Å². The van der Waals surface area contributed by atoms with Crippen LogP contribution >= 0.6 is 0 Å². The molecule has 2 aromatic carbocycles. The summed E-state index contributed by atoms with van der Waals surface area (Å²) in [5, 5.41) is 12.7. The molecular weight excluding hydrogens is 256 g/mol. The van der Waals surface area contributed by atoms with E-state index in [1.807, 2.05) is 36.4 Å². The predicted molar refractivity (Wildman–Crippen MR) is 87.0 cm³/mol. The van der Waals surface area contributed by atoms with Crippen LogP contribution < -0.4 is 5.32 Å². The molecule has 0 heterocycles. The van der Waals surface area contributed by atoms with Crippen LogP contribution in [0, 0.1) is 11.3 Å². The van der Waals surface area contributed by atoms with Crippen molar-refractivity contribution in [1.82, 2.24) is 5.32 Å². The number of nitrogens with zero attached hydrogens (tertiary/aromatic N) is 1. The zero-order valence-electron chi connectivity index (χ0n) is 12.3. The van der Waals surface area contributed by atoms with Gasteiger partial charge in [-0.25, -0.2) is 0 Å². The maximum absolute atomic E-state index is 9.26. The summed E-state index contributed by atoms with van der Waals surface area (Å²) in [5.74, 6) is 0.0159. The lowest BCUT2D eigenvalue weighted by molar-refractivity contribution is 0.604. The first-order chi connectivity index (χ1) is 10.4. The molecule has 21 heavy (non-hydrogen) atoms. The summed E-state index contributed by atoms with van der Waals surface area (Å²) in [4.78, 5) is 0. The summed E-state index contributed by atoms with van der Waals surface area (Å²) in [7, 11) is 0. The number of hydrogen-bond acceptors (Lipinski definition) is 2. The fraction of sp³-hybridized carbons (Fsp3) is 0.316. The number of nitriles is 1. The average molecular weight is 278 g/mol. The molecule has 0 radical (unpaired) electrons. The molecule has 0 aromatic heterocycles. The smallest absolute Gasteiger partial charge is 0.0713 e. The summed E-state index contributed by atoms with van der Waals surface area (Å²) >= 11 is 0. The maximum Gasteiger partial charge on any atom is 0.0713 e. The minimum Gasteiger partial charge on any atom is -0.316 e. The molecule has 0 aliphatic heterocycles. The zero-order chi connectivity index (χ0) is 14.8. The molecule has 108 valence electrons. The van der Waals surface area contributed by atoms with E-state index >= 15 is 0 Å². The quantitative estimate of drug-likeness (QED) is 0.743. The van der Waals surface area contributed by atoms with Gasteiger partial charge in [-0.15, -0.1) is 0 Å². The molecule has 2 rings (SSSR count). The summed E-state index contributed by atoms with van der Waals surface area (Å²) in [6, 6.07) is 23.0. The van der Waals surface area contributed by atoms with Crippen LogP contribution in [0.3, 0.4) is 0 Å². The number of rotatable bonds is 8. The molecule has 0 amide bonds. The summed E-state index contributed by atoms with van der Waals surface area (Å²) in [6.07, 6.45) is 3.00. The Bertz CT molecular complexity index is 543. The number of benzene rings is 2. The van der Waals surface area contributed by atoms with Gasteiger partial charge in [0.15, 0.2) is 0 Å². The molecule has 1 N–H and O–H groups in total. The molecular formula is C19H22N2. The third-order valence-corrected chi connectivity index (χ3v) is 3.64. The van der Waals surface area contributed by atoms with Gasteiger partial charge < -0.3 is 5.32 Å². The monoisotopic (exact) mass is 278 g/mol. The lowest BCUT2D eigenvalue weighted by atomic mass is 9.96. The second-order valence-electron chi connectivity index (χ2n) is 5.22. The van der Waals surface area contributed by atoms with Crippen molar-refractivity contribution in [3.63, 3.8) is 0 Å². The Hall–Kier alpha value is -2.11. The second-order valence-corrected chi connectivity index (χ2v) is 5.22. The van der Waals surface area contributed by atoms with E-state index < -0.39 is 0 Å². The highest BCUT2D eigenvalue weighted by molar-refractivity contribution is 5.24. The Balaban J connectivity index is 1.62. The molecule has 2 heteroatoms. The van der Waals surface area contributed by atoms with Crippen LogP contribution in [-0.2, 0) is 6.42 Å². The van der Waals surface area contributed by atoms with Crippen LogP contribution in [0.4, 0.5) is 0 Å². The van der Waals surface area contributed by atoms with Crippen molar-refractivity contribution in [1.29, 1.82) is 5.26 Å². The van der Waals surface area contributed by atoms with Gasteiger partial charge in [-0.1, -0.05) is 60.7 Å². The molecule has 0 saturated carbocycles. The molecule has 2 aromatic rings. The highest BCUT2D eigenvalue weighted by Gasteiger charge is 2.08. The first-order valence-electron chi connectivity index (χ1n) is 7.59. The van der Waals surface area contributed by atoms with E-state index in [2.05, 4.69) is 35.7 Å². The standard InChI is InChI=1S/C19H22N2/c20-16-19(18-10-5-2-6-11-18)12-7-14-21-15-13-17-8-3-1-4-9-17/h1-6,8-11,19,21H,7,12-15H2. The molecule has 0 aliphatic carbocycles. The van der Waals surface area contributed by atoms with Gasteiger partial charge in [0.05, 0.1) is 12.0 Å². The van der Waals surface area contributed by atoms with E-state index in [-0.39, 0.29) is 5.92 Å². The van der Waals surface area contributed by atoms with Crippen molar-refractivity contribution in [2.45, 2.75) is 25.2 Å². The van der Waals surface area contributed by atoms with Crippen molar-refractivity contribution in [3.8, 4) is 6.07 Å². The highest BCUT2D eigenvalue weighted by atomic mass is 14.8. The van der Waals surface area contributed by atoms with Crippen LogP contribution in [-0.4, -0.2) is 13.1 Å². The van der Waals surface area contributed by atoms with Crippen LogP contribution in [0.15, 0.2) is 60.7 Å². The molecule has 0 saturated heterocycles. The van der Waals surface area contributed by atoms with Gasteiger partial charge in [-0.2, -0.15) is 5.26 Å². The zero-order valence-corrected chi connectivity index (χ0v) is 12.3. The minimum absolute atomic E-state index is 0.0159. The van der Waals surface area contributed by atoms with Crippen LogP contribution in [0.25, 0.3) is 0 Å². The molecule has 0 spiro atoms. The van der Waals surface area contributed by atoms with E-state index in [1.54, 1.807) is 0 Å². The summed E-state index contributed by atoms with van der Waals surface area (Å²) in [6.45, 7) is 1.96. The topological polar surface area (TPSA) is 35.8 Å². The summed E-state index contributed by atoms with van der Waals surface area (Å²) in [5.41, 5.74) is 2.49. The fourth-order valence-electron chi connectivity index (χ4n) is 2.42. The molecule has 0 bridgehead atoms. The fourth-order valence-corrected chi connectivity index (χ4v) is 2.42. The third-order valence-electron chi connectivity index (χ3n) is 3.64. The third kappa shape index (κ3) is 5.41. The van der Waals surface area contributed by atoms with E-state index in [9.17, 15) is 5.26 Å². The molecule has 0 aliphatic rings. The number of nitrogens with one attached hydrogen (secondary N) is 1. The second kappa shape index (κ2) is 8.94. The van der Waals surface area contributed by atoms with E-state index in [4.69, 9.17) is 0 Å². The Labute approximate surface area is 127 Å². The molecule has 1 unspecified atom stereocenters. The Morgan fingerprint density at radius 3 is 2.24 bits per heavy atom.